The summed E-state index contributed by atoms with van der Waals surface area (Å²) in [6.07, 6.45) is 0. The van der Waals surface area contributed by atoms with E-state index in [0.717, 1.165) is 10.5 Å². The van der Waals surface area contributed by atoms with Gasteiger partial charge in [0.1, 0.15) is 0 Å². The minimum atomic E-state index is -0.381. The number of aromatic nitrogens is 1. The summed E-state index contributed by atoms with van der Waals surface area (Å²) < 4.78 is 12.1. The number of hydrogen-bond acceptors (Lipinski definition) is 5. The molecule has 0 radical (unpaired) electrons. The Bertz CT molecular complexity index is 561. The number of rotatable bonds is 2. The summed E-state index contributed by atoms with van der Waals surface area (Å²) in [5, 5.41) is 2.07. The molecule has 100 valence electrons. The predicted octanol–water partition coefficient (Wildman–Crippen LogP) is 3.17. The molecule has 0 aliphatic carbocycles. The highest BCUT2D eigenvalue weighted by atomic mass is 32.1. The molecule has 0 unspecified atom stereocenters. The van der Waals surface area contributed by atoms with Gasteiger partial charge in [-0.15, -0.1) is 22.7 Å². The van der Waals surface area contributed by atoms with Crippen LogP contribution in [0.5, 0.6) is 0 Å². The second kappa shape index (κ2) is 4.41. The second-order valence-corrected chi connectivity index (χ2v) is 7.43. The largest absolute Gasteiger partial charge is 0.516 e. The Hall–Kier alpha value is -0.685. The van der Waals surface area contributed by atoms with Crippen molar-refractivity contribution in [1.82, 2.24) is 4.98 Å². The summed E-state index contributed by atoms with van der Waals surface area (Å²) in [7, 11) is -0.381. The smallest absolute Gasteiger partial charge is 0.398 e. The lowest BCUT2D eigenvalue weighted by Gasteiger charge is -2.32. The fourth-order valence-electron chi connectivity index (χ4n) is 1.97. The Morgan fingerprint density at radius 1 is 1.11 bits per heavy atom. The molecule has 0 spiro atoms. The first-order chi connectivity index (χ1) is 8.91. The molecule has 2 aromatic heterocycles. The molecule has 0 atom stereocenters. The van der Waals surface area contributed by atoms with Gasteiger partial charge in [-0.2, -0.15) is 0 Å². The van der Waals surface area contributed by atoms with Gasteiger partial charge in [-0.1, -0.05) is 6.07 Å². The van der Waals surface area contributed by atoms with E-state index in [1.807, 2.05) is 11.6 Å². The minimum Gasteiger partial charge on any atom is -0.398 e. The zero-order valence-electron chi connectivity index (χ0n) is 11.5. The molecule has 0 N–H and O–H groups in total. The third kappa shape index (κ3) is 2.16. The van der Waals surface area contributed by atoms with E-state index in [4.69, 9.17) is 9.31 Å². The Balaban J connectivity index is 1.96. The molecule has 3 rings (SSSR count). The first kappa shape index (κ1) is 13.3. The van der Waals surface area contributed by atoms with Gasteiger partial charge in [0.2, 0.25) is 0 Å². The Morgan fingerprint density at radius 3 is 2.37 bits per heavy atom. The van der Waals surface area contributed by atoms with E-state index in [9.17, 15) is 0 Å². The van der Waals surface area contributed by atoms with Gasteiger partial charge in [0.05, 0.1) is 27.2 Å². The molecule has 19 heavy (non-hydrogen) atoms. The molecule has 6 heteroatoms. The zero-order valence-corrected chi connectivity index (χ0v) is 13.1. The molecule has 1 saturated heterocycles. The summed E-state index contributed by atoms with van der Waals surface area (Å²) in [6, 6.07) is 4.15. The fraction of sp³-hybridized carbons (Fsp3) is 0.462. The molecule has 1 aliphatic rings. The van der Waals surface area contributed by atoms with Crippen LogP contribution in [0.3, 0.4) is 0 Å². The molecule has 1 aliphatic heterocycles. The molecule has 1 fully saturated rings. The molecule has 0 amide bonds. The third-order valence-electron chi connectivity index (χ3n) is 3.82. The Morgan fingerprint density at radius 2 is 1.79 bits per heavy atom. The van der Waals surface area contributed by atoms with Crippen LogP contribution in [0.1, 0.15) is 27.7 Å². The Kier molecular flexibility index (Phi) is 3.09. The summed E-state index contributed by atoms with van der Waals surface area (Å²) >= 11 is 3.35. The van der Waals surface area contributed by atoms with E-state index in [-0.39, 0.29) is 18.3 Å². The van der Waals surface area contributed by atoms with Crippen molar-refractivity contribution in [2.75, 3.05) is 0 Å². The highest BCUT2D eigenvalue weighted by Gasteiger charge is 2.53. The van der Waals surface area contributed by atoms with Gasteiger partial charge in [0, 0.05) is 4.88 Å². The van der Waals surface area contributed by atoms with E-state index in [1.54, 1.807) is 22.7 Å². The number of thiophene rings is 1. The van der Waals surface area contributed by atoms with Crippen LogP contribution in [0.4, 0.5) is 0 Å². The van der Waals surface area contributed by atoms with Crippen molar-refractivity contribution in [1.29, 1.82) is 0 Å². The highest BCUT2D eigenvalue weighted by Crippen LogP contribution is 2.38. The summed E-state index contributed by atoms with van der Waals surface area (Å²) in [5.74, 6) is 0. The molecular formula is C13H16BNO2S2. The summed E-state index contributed by atoms with van der Waals surface area (Å²) in [5.41, 5.74) is 2.10. The maximum Gasteiger partial charge on any atom is 0.516 e. The predicted molar refractivity (Wildman–Crippen MR) is 81.1 cm³/mol. The van der Waals surface area contributed by atoms with E-state index in [2.05, 4.69) is 44.1 Å². The van der Waals surface area contributed by atoms with Gasteiger partial charge in [-0.3, -0.25) is 4.98 Å². The van der Waals surface area contributed by atoms with Crippen molar-refractivity contribution in [3.05, 3.63) is 23.0 Å². The maximum absolute atomic E-state index is 6.07. The van der Waals surface area contributed by atoms with E-state index < -0.39 is 0 Å². The molecule has 0 aromatic carbocycles. The van der Waals surface area contributed by atoms with Crippen LogP contribution in [-0.4, -0.2) is 23.3 Å². The molecular weight excluding hydrogens is 277 g/mol. The van der Waals surface area contributed by atoms with E-state index in [1.165, 1.54) is 4.88 Å². The van der Waals surface area contributed by atoms with Crippen molar-refractivity contribution >= 4 is 35.4 Å². The SMILES string of the molecule is CC1(C)OB(c2ncsc2-c2cccs2)OC1(C)C. The monoisotopic (exact) mass is 293 g/mol. The highest BCUT2D eigenvalue weighted by molar-refractivity contribution is 7.21. The topological polar surface area (TPSA) is 31.4 Å². The average Bonchev–Trinajstić information content (AvgIpc) is 3.00. The van der Waals surface area contributed by atoms with Crippen LogP contribution in [0.15, 0.2) is 23.0 Å². The molecule has 0 saturated carbocycles. The van der Waals surface area contributed by atoms with Gasteiger partial charge in [0.25, 0.3) is 0 Å². The van der Waals surface area contributed by atoms with Crippen molar-refractivity contribution in [2.24, 2.45) is 0 Å². The van der Waals surface area contributed by atoms with Gasteiger partial charge in [0.15, 0.2) is 0 Å². The summed E-state index contributed by atoms with van der Waals surface area (Å²) in [4.78, 5) is 6.82. The van der Waals surface area contributed by atoms with Crippen molar-refractivity contribution in [2.45, 2.75) is 38.9 Å². The number of nitrogens with zero attached hydrogens (tertiary/aromatic N) is 1. The van der Waals surface area contributed by atoms with Crippen LogP contribution in [0.25, 0.3) is 9.75 Å². The number of hydrogen-bond donors (Lipinski definition) is 0. The minimum absolute atomic E-state index is 0.325. The van der Waals surface area contributed by atoms with Gasteiger partial charge >= 0.3 is 7.12 Å². The van der Waals surface area contributed by atoms with E-state index in [0.29, 0.717) is 0 Å². The van der Waals surface area contributed by atoms with Crippen LogP contribution in [0.2, 0.25) is 0 Å². The van der Waals surface area contributed by atoms with Gasteiger partial charge < -0.3 is 9.31 Å². The Labute approximate surface area is 121 Å². The normalized spacial score (nSPS) is 20.9. The van der Waals surface area contributed by atoms with Gasteiger partial charge in [-0.25, -0.2) is 0 Å². The van der Waals surface area contributed by atoms with Crippen LogP contribution < -0.4 is 5.59 Å². The van der Waals surface area contributed by atoms with Crippen molar-refractivity contribution < 1.29 is 9.31 Å². The quantitative estimate of drug-likeness (QED) is 0.797. The van der Waals surface area contributed by atoms with Crippen molar-refractivity contribution in [3.63, 3.8) is 0 Å². The molecule has 2 aromatic rings. The molecule has 0 bridgehead atoms. The van der Waals surface area contributed by atoms with Crippen LogP contribution >= 0.6 is 22.7 Å². The zero-order chi connectivity index (χ0) is 13.7. The molecule has 3 nitrogen and oxygen atoms in total. The lowest BCUT2D eigenvalue weighted by molar-refractivity contribution is 0.00578. The van der Waals surface area contributed by atoms with Crippen LogP contribution in [0, 0.1) is 0 Å². The maximum atomic E-state index is 6.07. The third-order valence-corrected chi connectivity index (χ3v) is 5.71. The average molecular weight is 293 g/mol. The van der Waals surface area contributed by atoms with Gasteiger partial charge in [-0.05, 0) is 39.1 Å². The van der Waals surface area contributed by atoms with E-state index >= 15 is 0 Å². The number of thiazole rings is 1. The molecule has 3 heterocycles. The van der Waals surface area contributed by atoms with Crippen LogP contribution in [-0.2, 0) is 9.31 Å². The first-order valence-corrected chi connectivity index (χ1v) is 7.99. The lowest BCUT2D eigenvalue weighted by Crippen LogP contribution is -2.41. The standard InChI is InChI=1S/C13H16BNO2S2/c1-12(2)13(3,4)17-14(16-12)11-10(19-8-15-11)9-6-5-7-18-9/h5-8H,1-4H3. The summed E-state index contributed by atoms with van der Waals surface area (Å²) in [6.45, 7) is 8.24. The van der Waals surface area contributed by atoms with Crippen molar-refractivity contribution in [3.8, 4) is 9.75 Å². The second-order valence-electron chi connectivity index (χ2n) is 5.63. The first-order valence-electron chi connectivity index (χ1n) is 6.24. The fourth-order valence-corrected chi connectivity index (χ4v) is 3.66. The lowest BCUT2D eigenvalue weighted by atomic mass is 9.83.